The maximum absolute atomic E-state index is 11.9. The van der Waals surface area contributed by atoms with E-state index in [0.29, 0.717) is 41.5 Å². The summed E-state index contributed by atoms with van der Waals surface area (Å²) >= 11 is 6.05. The maximum atomic E-state index is 11.9. The van der Waals surface area contributed by atoms with Crippen LogP contribution in [0.3, 0.4) is 0 Å². The van der Waals surface area contributed by atoms with E-state index in [2.05, 4.69) is 25.6 Å². The number of amides is 1. The number of anilines is 2. The lowest BCUT2D eigenvalue weighted by molar-refractivity contribution is -0.119. The molecule has 3 rings (SSSR count). The van der Waals surface area contributed by atoms with Gasteiger partial charge in [-0.3, -0.25) is 9.36 Å². The number of aromatic nitrogens is 4. The number of benzene rings is 1. The minimum Gasteiger partial charge on any atom is -0.368 e. The Kier molecular flexibility index (Phi) is 6.66. The summed E-state index contributed by atoms with van der Waals surface area (Å²) in [5.41, 5.74) is 6.56. The summed E-state index contributed by atoms with van der Waals surface area (Å²) in [5, 5.41) is 7.01. The highest BCUT2D eigenvalue weighted by Gasteiger charge is 2.18. The molecule has 1 atom stereocenters. The van der Waals surface area contributed by atoms with E-state index in [9.17, 15) is 4.79 Å². The monoisotopic (exact) mass is 413 g/mol. The van der Waals surface area contributed by atoms with Gasteiger partial charge in [-0.1, -0.05) is 37.6 Å². The molecule has 9 heteroatoms. The van der Waals surface area contributed by atoms with E-state index in [4.69, 9.17) is 17.3 Å². The second-order valence-corrected chi connectivity index (χ2v) is 7.55. The standard InChI is InChI=1S/C20H24ClN7O/c1-13(2)8-16(19(22)29)25-17-10-18(28-7-6-23-12-28)27-20(26-17)24-11-14-4-3-5-15(21)9-14/h3-7,9-10,12-13,16H,8,11H2,1-2H3,(H2,22,29)(H2,24,25,26,27)/t16-/m1/s1. The quantitative estimate of drug-likeness (QED) is 0.496. The molecule has 1 amide bonds. The first-order chi connectivity index (χ1) is 13.9. The van der Waals surface area contributed by atoms with Gasteiger partial charge in [0, 0.05) is 30.0 Å². The number of nitrogens with zero attached hydrogens (tertiary/aromatic N) is 4. The van der Waals surface area contributed by atoms with Crippen LogP contribution in [0.1, 0.15) is 25.8 Å². The summed E-state index contributed by atoms with van der Waals surface area (Å²) in [4.78, 5) is 25.0. The summed E-state index contributed by atoms with van der Waals surface area (Å²) in [6.45, 7) is 4.57. The van der Waals surface area contributed by atoms with Crippen LogP contribution in [0.5, 0.6) is 0 Å². The van der Waals surface area contributed by atoms with Gasteiger partial charge in [0.1, 0.15) is 24.0 Å². The van der Waals surface area contributed by atoms with E-state index in [1.807, 2.05) is 38.1 Å². The molecule has 2 heterocycles. The van der Waals surface area contributed by atoms with Gasteiger partial charge < -0.3 is 16.4 Å². The van der Waals surface area contributed by atoms with Crippen molar-refractivity contribution in [2.24, 2.45) is 11.7 Å². The Morgan fingerprint density at radius 1 is 1.28 bits per heavy atom. The van der Waals surface area contributed by atoms with Gasteiger partial charge in [-0.2, -0.15) is 9.97 Å². The van der Waals surface area contributed by atoms with Gasteiger partial charge in [-0.05, 0) is 30.0 Å². The Bertz CT molecular complexity index is 959. The molecule has 4 N–H and O–H groups in total. The van der Waals surface area contributed by atoms with Crippen molar-refractivity contribution in [2.75, 3.05) is 10.6 Å². The highest BCUT2D eigenvalue weighted by Crippen LogP contribution is 2.18. The summed E-state index contributed by atoms with van der Waals surface area (Å²) in [5.74, 6) is 1.40. The molecule has 0 bridgehead atoms. The number of carbonyl (C=O) groups excluding carboxylic acids is 1. The molecule has 0 fully saturated rings. The molecule has 0 aliphatic rings. The lowest BCUT2D eigenvalue weighted by Crippen LogP contribution is -2.36. The molecule has 29 heavy (non-hydrogen) atoms. The fraction of sp³-hybridized carbons (Fsp3) is 0.300. The summed E-state index contributed by atoms with van der Waals surface area (Å²) < 4.78 is 1.76. The summed E-state index contributed by atoms with van der Waals surface area (Å²) in [6.07, 6.45) is 5.70. The molecule has 3 aromatic rings. The Hall–Kier alpha value is -3.13. The van der Waals surface area contributed by atoms with Crippen LogP contribution in [0.2, 0.25) is 5.02 Å². The van der Waals surface area contributed by atoms with E-state index >= 15 is 0 Å². The average molecular weight is 414 g/mol. The van der Waals surface area contributed by atoms with Gasteiger partial charge in [-0.15, -0.1) is 0 Å². The van der Waals surface area contributed by atoms with E-state index < -0.39 is 11.9 Å². The molecule has 2 aromatic heterocycles. The van der Waals surface area contributed by atoms with Crippen molar-refractivity contribution < 1.29 is 4.79 Å². The number of carbonyl (C=O) groups is 1. The minimum absolute atomic E-state index is 0.301. The molecule has 0 saturated carbocycles. The smallest absolute Gasteiger partial charge is 0.239 e. The number of hydrogen-bond donors (Lipinski definition) is 3. The highest BCUT2D eigenvalue weighted by molar-refractivity contribution is 6.30. The lowest BCUT2D eigenvalue weighted by atomic mass is 10.0. The molecule has 0 aliphatic carbocycles. The van der Waals surface area contributed by atoms with Gasteiger partial charge >= 0.3 is 0 Å². The predicted octanol–water partition coefficient (Wildman–Crippen LogP) is 3.24. The van der Waals surface area contributed by atoms with Gasteiger partial charge in [0.15, 0.2) is 0 Å². The first-order valence-corrected chi connectivity index (χ1v) is 9.70. The first-order valence-electron chi connectivity index (χ1n) is 9.32. The molecule has 0 unspecified atom stereocenters. The third kappa shape index (κ3) is 5.92. The van der Waals surface area contributed by atoms with Crippen molar-refractivity contribution in [2.45, 2.75) is 32.9 Å². The third-order valence-electron chi connectivity index (χ3n) is 4.19. The SMILES string of the molecule is CC(C)C[C@@H](Nc1cc(-n2ccnc2)nc(NCc2cccc(Cl)c2)n1)C(N)=O. The fourth-order valence-electron chi connectivity index (χ4n) is 2.84. The van der Waals surface area contributed by atoms with Crippen molar-refractivity contribution in [1.29, 1.82) is 0 Å². The molecule has 0 spiro atoms. The molecule has 1 aromatic carbocycles. The van der Waals surface area contributed by atoms with Crippen LogP contribution in [-0.2, 0) is 11.3 Å². The predicted molar refractivity (Wildman–Crippen MR) is 114 cm³/mol. The van der Waals surface area contributed by atoms with Crippen molar-refractivity contribution >= 4 is 29.3 Å². The van der Waals surface area contributed by atoms with Crippen LogP contribution in [0, 0.1) is 5.92 Å². The minimum atomic E-state index is -0.527. The zero-order chi connectivity index (χ0) is 20.8. The zero-order valence-corrected chi connectivity index (χ0v) is 17.1. The van der Waals surface area contributed by atoms with Crippen LogP contribution >= 0.6 is 11.6 Å². The number of hydrogen-bond acceptors (Lipinski definition) is 6. The van der Waals surface area contributed by atoms with E-state index in [1.54, 1.807) is 29.4 Å². The fourth-order valence-corrected chi connectivity index (χ4v) is 3.05. The zero-order valence-electron chi connectivity index (χ0n) is 16.3. The van der Waals surface area contributed by atoms with Gasteiger partial charge in [0.05, 0.1) is 0 Å². The largest absolute Gasteiger partial charge is 0.368 e. The highest BCUT2D eigenvalue weighted by atomic mass is 35.5. The van der Waals surface area contributed by atoms with Crippen LogP contribution in [0.4, 0.5) is 11.8 Å². The number of nitrogens with two attached hydrogens (primary N) is 1. The molecule has 0 aliphatic heterocycles. The lowest BCUT2D eigenvalue weighted by Gasteiger charge is -2.19. The molecule has 152 valence electrons. The number of nitrogens with one attached hydrogen (secondary N) is 2. The first kappa shape index (κ1) is 20.6. The molecule has 0 radical (unpaired) electrons. The molecular formula is C20H24ClN7O. The third-order valence-corrected chi connectivity index (χ3v) is 4.43. The van der Waals surface area contributed by atoms with Crippen molar-refractivity contribution in [3.63, 3.8) is 0 Å². The van der Waals surface area contributed by atoms with Crippen molar-refractivity contribution in [3.8, 4) is 5.82 Å². The van der Waals surface area contributed by atoms with Crippen molar-refractivity contribution in [3.05, 3.63) is 59.6 Å². The van der Waals surface area contributed by atoms with Crippen LogP contribution in [0.15, 0.2) is 49.1 Å². The number of rotatable bonds is 9. The van der Waals surface area contributed by atoms with E-state index in [0.717, 1.165) is 5.56 Å². The average Bonchev–Trinajstić information content (AvgIpc) is 3.20. The van der Waals surface area contributed by atoms with Crippen LogP contribution in [-0.4, -0.2) is 31.5 Å². The second-order valence-electron chi connectivity index (χ2n) is 7.12. The maximum Gasteiger partial charge on any atom is 0.239 e. The molecule has 0 saturated heterocycles. The normalized spacial score (nSPS) is 12.0. The van der Waals surface area contributed by atoms with Crippen LogP contribution in [0.25, 0.3) is 5.82 Å². The number of halogens is 1. The van der Waals surface area contributed by atoms with Gasteiger partial charge in [0.25, 0.3) is 0 Å². The summed E-state index contributed by atoms with van der Waals surface area (Å²) in [6, 6.07) is 8.77. The number of primary amides is 1. The van der Waals surface area contributed by atoms with Crippen molar-refractivity contribution in [1.82, 2.24) is 19.5 Å². The van der Waals surface area contributed by atoms with Crippen LogP contribution < -0.4 is 16.4 Å². The van der Waals surface area contributed by atoms with E-state index in [1.165, 1.54) is 0 Å². The Balaban J connectivity index is 1.86. The molecular weight excluding hydrogens is 390 g/mol. The Labute approximate surface area is 174 Å². The number of imidazole rings is 1. The topological polar surface area (TPSA) is 111 Å². The molecule has 8 nitrogen and oxygen atoms in total. The van der Waals surface area contributed by atoms with Gasteiger partial charge in [0.2, 0.25) is 11.9 Å². The second kappa shape index (κ2) is 9.38. The van der Waals surface area contributed by atoms with Gasteiger partial charge in [-0.25, -0.2) is 4.98 Å². The Morgan fingerprint density at radius 2 is 2.10 bits per heavy atom. The Morgan fingerprint density at radius 3 is 2.76 bits per heavy atom. The summed E-state index contributed by atoms with van der Waals surface area (Å²) in [7, 11) is 0. The van der Waals surface area contributed by atoms with E-state index in [-0.39, 0.29) is 0 Å².